The van der Waals surface area contributed by atoms with Gasteiger partial charge >= 0.3 is 0 Å². The van der Waals surface area contributed by atoms with E-state index in [1.165, 1.54) is 0 Å². The van der Waals surface area contributed by atoms with Gasteiger partial charge in [0.2, 0.25) is 0 Å². The molecule has 5 rings (SSSR count). The first-order valence-corrected chi connectivity index (χ1v) is 11.3. The molecule has 0 radical (unpaired) electrons. The van der Waals surface area contributed by atoms with E-state index in [0.29, 0.717) is 17.2 Å². The minimum Gasteiger partial charge on any atom is -0.493 e. The number of hydrogen-bond acceptors (Lipinski definition) is 8. The van der Waals surface area contributed by atoms with Crippen molar-refractivity contribution in [1.82, 2.24) is 9.97 Å². The van der Waals surface area contributed by atoms with Crippen LogP contribution in [-0.4, -0.2) is 31.2 Å². The SMILES string of the molecule is COc1cc2nccc(Oc3ccc4nc(N(C)c5ccsc5)sc4c3)c2cc1OC. The lowest BCUT2D eigenvalue weighted by Crippen LogP contribution is -2.07. The Labute approximate surface area is 187 Å². The quantitative estimate of drug-likeness (QED) is 0.296. The van der Waals surface area contributed by atoms with Gasteiger partial charge in [0.05, 0.1) is 35.6 Å². The summed E-state index contributed by atoms with van der Waals surface area (Å²) in [4.78, 5) is 11.3. The Hall–Kier alpha value is -3.36. The smallest absolute Gasteiger partial charge is 0.190 e. The maximum Gasteiger partial charge on any atom is 0.190 e. The first-order valence-electron chi connectivity index (χ1n) is 9.51. The van der Waals surface area contributed by atoms with E-state index in [1.807, 2.05) is 43.4 Å². The van der Waals surface area contributed by atoms with E-state index in [0.717, 1.165) is 37.7 Å². The maximum absolute atomic E-state index is 6.25. The lowest BCUT2D eigenvalue weighted by molar-refractivity contribution is 0.355. The molecule has 2 aromatic carbocycles. The van der Waals surface area contributed by atoms with Gasteiger partial charge in [-0.1, -0.05) is 11.3 Å². The molecule has 0 aliphatic rings. The van der Waals surface area contributed by atoms with E-state index >= 15 is 0 Å². The molecule has 8 heteroatoms. The van der Waals surface area contributed by atoms with Crippen molar-refractivity contribution < 1.29 is 14.2 Å². The lowest BCUT2D eigenvalue weighted by Gasteiger charge is -2.12. The number of rotatable bonds is 6. The molecule has 0 fully saturated rings. The molecule has 0 aliphatic carbocycles. The molecule has 5 aromatic rings. The van der Waals surface area contributed by atoms with Gasteiger partial charge in [0.25, 0.3) is 0 Å². The van der Waals surface area contributed by atoms with Gasteiger partial charge in [-0.2, -0.15) is 11.3 Å². The van der Waals surface area contributed by atoms with Gasteiger partial charge in [-0.25, -0.2) is 4.98 Å². The monoisotopic (exact) mass is 449 g/mol. The predicted molar refractivity (Wildman–Crippen MR) is 127 cm³/mol. The van der Waals surface area contributed by atoms with Gasteiger partial charge in [-0.15, -0.1) is 0 Å². The minimum absolute atomic E-state index is 0.631. The van der Waals surface area contributed by atoms with E-state index in [4.69, 9.17) is 19.2 Å². The summed E-state index contributed by atoms with van der Waals surface area (Å²) in [6.07, 6.45) is 1.72. The number of anilines is 2. The Morgan fingerprint density at radius 3 is 2.52 bits per heavy atom. The molecule has 3 aromatic heterocycles. The van der Waals surface area contributed by atoms with Crippen LogP contribution >= 0.6 is 22.7 Å². The van der Waals surface area contributed by atoms with Crippen LogP contribution in [0.2, 0.25) is 0 Å². The van der Waals surface area contributed by atoms with Crippen molar-refractivity contribution in [3.05, 3.63) is 59.4 Å². The van der Waals surface area contributed by atoms with Crippen LogP contribution in [0.1, 0.15) is 0 Å². The van der Waals surface area contributed by atoms with E-state index < -0.39 is 0 Å². The number of thiazole rings is 1. The Morgan fingerprint density at radius 1 is 0.903 bits per heavy atom. The number of pyridine rings is 1. The normalized spacial score (nSPS) is 11.1. The molecule has 0 N–H and O–H groups in total. The van der Waals surface area contributed by atoms with Gasteiger partial charge < -0.3 is 19.1 Å². The number of hydrogen-bond donors (Lipinski definition) is 0. The predicted octanol–water partition coefficient (Wildman–Crippen LogP) is 6.48. The fourth-order valence-electron chi connectivity index (χ4n) is 3.32. The third kappa shape index (κ3) is 3.64. The zero-order chi connectivity index (χ0) is 21.4. The Morgan fingerprint density at radius 2 is 1.74 bits per heavy atom. The van der Waals surface area contributed by atoms with Crippen molar-refractivity contribution in [2.75, 3.05) is 26.2 Å². The van der Waals surface area contributed by atoms with Crippen LogP contribution in [0.25, 0.3) is 21.1 Å². The molecule has 0 saturated heterocycles. The van der Waals surface area contributed by atoms with Gasteiger partial charge in [0.1, 0.15) is 11.5 Å². The summed E-state index contributed by atoms with van der Waals surface area (Å²) < 4.78 is 18.1. The molecular formula is C23H19N3O3S2. The number of methoxy groups -OCH3 is 2. The van der Waals surface area contributed by atoms with Crippen molar-refractivity contribution in [1.29, 1.82) is 0 Å². The van der Waals surface area contributed by atoms with Crippen molar-refractivity contribution in [2.45, 2.75) is 0 Å². The van der Waals surface area contributed by atoms with Gasteiger partial charge in [0, 0.05) is 36.1 Å². The fourth-order valence-corrected chi connectivity index (χ4v) is 4.97. The van der Waals surface area contributed by atoms with Crippen LogP contribution in [0.4, 0.5) is 10.8 Å². The van der Waals surface area contributed by atoms with Crippen LogP contribution in [0.5, 0.6) is 23.0 Å². The molecule has 31 heavy (non-hydrogen) atoms. The fraction of sp³-hybridized carbons (Fsp3) is 0.130. The summed E-state index contributed by atoms with van der Waals surface area (Å²) in [7, 11) is 5.25. The minimum atomic E-state index is 0.631. The van der Waals surface area contributed by atoms with E-state index in [2.05, 4.69) is 26.7 Å². The van der Waals surface area contributed by atoms with Crippen molar-refractivity contribution in [3.8, 4) is 23.0 Å². The van der Waals surface area contributed by atoms with Gasteiger partial charge in [0.15, 0.2) is 16.6 Å². The zero-order valence-electron chi connectivity index (χ0n) is 17.2. The highest BCUT2D eigenvalue weighted by Crippen LogP contribution is 2.39. The lowest BCUT2D eigenvalue weighted by atomic mass is 10.2. The summed E-state index contributed by atoms with van der Waals surface area (Å²) in [5.74, 6) is 2.70. The molecule has 0 spiro atoms. The van der Waals surface area contributed by atoms with Crippen LogP contribution < -0.4 is 19.1 Å². The highest BCUT2D eigenvalue weighted by atomic mass is 32.1. The number of nitrogens with zero attached hydrogens (tertiary/aromatic N) is 3. The number of benzene rings is 2. The first kappa shape index (κ1) is 19.6. The topological polar surface area (TPSA) is 56.7 Å². The van der Waals surface area contributed by atoms with Crippen LogP contribution in [-0.2, 0) is 0 Å². The van der Waals surface area contributed by atoms with Crippen LogP contribution in [0.15, 0.2) is 59.4 Å². The standard InChI is InChI=1S/C23H19N3O3S2/c1-26(14-7-9-30-13-14)23-25-17-5-4-15(10-22(17)31-23)29-19-6-8-24-18-12-21(28-3)20(27-2)11-16(18)19/h4-13H,1-3H3. The summed E-state index contributed by atoms with van der Waals surface area (Å²) >= 11 is 3.31. The average Bonchev–Trinajstić information content (AvgIpc) is 3.48. The summed E-state index contributed by atoms with van der Waals surface area (Å²) in [5.41, 5.74) is 2.85. The number of thiophene rings is 1. The number of aromatic nitrogens is 2. The highest BCUT2D eigenvalue weighted by molar-refractivity contribution is 7.22. The first-order chi connectivity index (χ1) is 15.2. The average molecular weight is 450 g/mol. The second-order valence-corrected chi connectivity index (χ2v) is 8.59. The Kier molecular flexibility index (Phi) is 5.09. The van der Waals surface area contributed by atoms with Gasteiger partial charge in [-0.05, 0) is 35.7 Å². The molecule has 0 bridgehead atoms. The molecule has 156 valence electrons. The summed E-state index contributed by atoms with van der Waals surface area (Å²) in [5, 5.41) is 5.96. The van der Waals surface area contributed by atoms with E-state index in [-0.39, 0.29) is 0 Å². The third-order valence-corrected chi connectivity index (χ3v) is 6.73. The molecule has 0 saturated carbocycles. The van der Waals surface area contributed by atoms with E-state index in [9.17, 15) is 0 Å². The van der Waals surface area contributed by atoms with Crippen molar-refractivity contribution in [2.24, 2.45) is 0 Å². The largest absolute Gasteiger partial charge is 0.493 e. The van der Waals surface area contributed by atoms with Crippen molar-refractivity contribution in [3.63, 3.8) is 0 Å². The molecule has 0 atom stereocenters. The molecular weight excluding hydrogens is 430 g/mol. The molecule has 0 unspecified atom stereocenters. The number of ether oxygens (including phenoxy) is 3. The second kappa shape index (κ2) is 8.05. The Balaban J connectivity index is 1.50. The van der Waals surface area contributed by atoms with Crippen LogP contribution in [0, 0.1) is 0 Å². The molecule has 0 amide bonds. The van der Waals surface area contributed by atoms with E-state index in [1.54, 1.807) is 43.1 Å². The maximum atomic E-state index is 6.25. The molecule has 3 heterocycles. The Bertz CT molecular complexity index is 1370. The summed E-state index contributed by atoms with van der Waals surface area (Å²) in [6.45, 7) is 0. The zero-order valence-corrected chi connectivity index (χ0v) is 18.8. The second-order valence-electron chi connectivity index (χ2n) is 6.80. The van der Waals surface area contributed by atoms with Crippen molar-refractivity contribution >= 4 is 54.6 Å². The van der Waals surface area contributed by atoms with Gasteiger partial charge in [-0.3, -0.25) is 4.98 Å². The van der Waals surface area contributed by atoms with Crippen LogP contribution in [0.3, 0.4) is 0 Å². The molecule has 0 aliphatic heterocycles. The third-order valence-electron chi connectivity index (χ3n) is 4.96. The molecule has 6 nitrogen and oxygen atoms in total. The number of fused-ring (bicyclic) bond motifs is 2. The summed E-state index contributed by atoms with van der Waals surface area (Å²) in [6, 6.07) is 13.6. The highest BCUT2D eigenvalue weighted by Gasteiger charge is 2.14.